The molecule has 19 heteroatoms. The maximum absolute atomic E-state index is 14.3. The lowest BCUT2D eigenvalue weighted by molar-refractivity contribution is -0.165. The van der Waals surface area contributed by atoms with Crippen molar-refractivity contribution in [3.05, 3.63) is 77.9 Å². The zero-order valence-electron chi connectivity index (χ0n) is 46.5. The van der Waals surface area contributed by atoms with Gasteiger partial charge in [-0.25, -0.2) is 14.7 Å². The van der Waals surface area contributed by atoms with Gasteiger partial charge in [-0.2, -0.15) is 0 Å². The second kappa shape index (κ2) is 29.1. The van der Waals surface area contributed by atoms with Crippen LogP contribution in [0.3, 0.4) is 0 Å². The zero-order valence-corrected chi connectivity index (χ0v) is 46.5. The number of nitrogens with zero attached hydrogens (tertiary/aromatic N) is 5. The average Bonchev–Trinajstić information content (AvgIpc) is 4.08. The molecule has 3 aromatic carbocycles. The molecule has 1 aromatic heterocycles. The molecule has 1 fully saturated rings. The molecule has 2 heterocycles. The van der Waals surface area contributed by atoms with Gasteiger partial charge in [0.25, 0.3) is 0 Å². The Morgan fingerprint density at radius 1 is 0.868 bits per heavy atom. The van der Waals surface area contributed by atoms with Gasteiger partial charge in [0.1, 0.15) is 12.8 Å². The van der Waals surface area contributed by atoms with Crippen molar-refractivity contribution in [1.82, 2.24) is 35.7 Å². The predicted octanol–water partition coefficient (Wildman–Crippen LogP) is 8.36. The molecule has 1 aliphatic heterocycles. The lowest BCUT2D eigenvalue weighted by Gasteiger charge is -2.33. The van der Waals surface area contributed by atoms with Gasteiger partial charge < -0.3 is 44.4 Å². The van der Waals surface area contributed by atoms with E-state index in [9.17, 15) is 24.0 Å². The van der Waals surface area contributed by atoms with E-state index in [1.807, 2.05) is 101 Å². The third kappa shape index (κ3) is 16.7. The minimum Gasteiger partial charge on any atom is -0.493 e. The van der Waals surface area contributed by atoms with E-state index in [-0.39, 0.29) is 68.1 Å². The van der Waals surface area contributed by atoms with E-state index in [1.54, 1.807) is 33.0 Å². The topological polar surface area (TPSA) is 240 Å². The summed E-state index contributed by atoms with van der Waals surface area (Å²) in [4.78, 5) is 71.6. The van der Waals surface area contributed by atoms with Crippen LogP contribution in [0.25, 0.3) is 22.5 Å². The Balaban J connectivity index is 1.35. The molecule has 4 amide bonds. The van der Waals surface area contributed by atoms with Crippen molar-refractivity contribution < 1.29 is 52.4 Å². The molecule has 1 saturated heterocycles. The number of esters is 1. The van der Waals surface area contributed by atoms with Gasteiger partial charge in [0, 0.05) is 51.1 Å². The van der Waals surface area contributed by atoms with Crippen LogP contribution in [0, 0.1) is 35.0 Å². The number of amides is 4. The van der Waals surface area contributed by atoms with Crippen molar-refractivity contribution in [2.45, 2.75) is 132 Å². The molecular weight excluding hydrogens is 973 g/mol. The molecule has 19 nitrogen and oxygen atoms in total. The molecule has 0 aliphatic carbocycles. The first-order valence-electron chi connectivity index (χ1n) is 26.6. The highest BCUT2D eigenvalue weighted by molar-refractivity contribution is 5.85. The fraction of sp³-hybridized carbons (Fsp3) is 0.579. The highest BCUT2D eigenvalue weighted by atomic mass is 16.7. The number of unbranched alkanes of at least 4 members (excludes halogenated alkanes) is 1. The molecule has 5 rings (SSSR count). The minimum absolute atomic E-state index is 0.00614. The van der Waals surface area contributed by atoms with E-state index in [4.69, 9.17) is 34.2 Å². The van der Waals surface area contributed by atoms with Gasteiger partial charge in [-0.1, -0.05) is 109 Å². The van der Waals surface area contributed by atoms with Gasteiger partial charge in [-0.15, -0.1) is 5.10 Å². The van der Waals surface area contributed by atoms with E-state index >= 15 is 0 Å². The zero-order chi connectivity index (χ0) is 55.5. The van der Waals surface area contributed by atoms with Gasteiger partial charge in [0.05, 0.1) is 31.3 Å². The highest BCUT2D eigenvalue weighted by Gasteiger charge is 2.44. The summed E-state index contributed by atoms with van der Waals surface area (Å²) in [5, 5.41) is 17.3. The van der Waals surface area contributed by atoms with E-state index in [0.29, 0.717) is 56.2 Å². The van der Waals surface area contributed by atoms with Gasteiger partial charge >= 0.3 is 12.1 Å². The van der Waals surface area contributed by atoms with Crippen molar-refractivity contribution in [2.75, 3.05) is 47.5 Å². The number of benzene rings is 3. The van der Waals surface area contributed by atoms with E-state index in [0.717, 1.165) is 34.2 Å². The molecule has 416 valence electrons. The lowest BCUT2D eigenvalue weighted by Crippen LogP contribution is -2.49. The van der Waals surface area contributed by atoms with Crippen LogP contribution in [0.1, 0.15) is 112 Å². The van der Waals surface area contributed by atoms with Crippen LogP contribution in [-0.4, -0.2) is 126 Å². The van der Waals surface area contributed by atoms with Crippen molar-refractivity contribution >= 4 is 29.8 Å². The lowest BCUT2D eigenvalue weighted by atomic mass is 9.80. The molecule has 5 atom stereocenters. The SMILES string of the molecule is CCCCC(=O)N(Cc1ccc(-c2ccccc2-c2nnn[nH]2)cc1)C(C(=O)OCOC(=O)N1CO[C@@H](C[C@H](C(=O)NCC(C)(C)C(N)=O)C(C)C)[C@@H]1C[C@H](Cc1ccc(OC)c(OCCCOC)c1)C(C)C)C(C)C. The molecule has 1 aliphatic rings. The summed E-state index contributed by atoms with van der Waals surface area (Å²) in [6.07, 6.45) is 2.39. The summed E-state index contributed by atoms with van der Waals surface area (Å²) in [6.45, 7) is 17.6. The molecule has 0 spiro atoms. The Morgan fingerprint density at radius 2 is 1.58 bits per heavy atom. The van der Waals surface area contributed by atoms with Gasteiger partial charge in [0.15, 0.2) is 17.3 Å². The van der Waals surface area contributed by atoms with Crippen LogP contribution in [-0.2, 0) is 51.1 Å². The summed E-state index contributed by atoms with van der Waals surface area (Å²) in [7, 11) is 3.25. The van der Waals surface area contributed by atoms with Crippen LogP contribution >= 0.6 is 0 Å². The quantitative estimate of drug-likeness (QED) is 0.0253. The van der Waals surface area contributed by atoms with E-state index in [2.05, 4.69) is 39.8 Å². The van der Waals surface area contributed by atoms with Crippen LogP contribution in [0.5, 0.6) is 11.5 Å². The second-order valence-electron chi connectivity index (χ2n) is 21.3. The maximum Gasteiger partial charge on any atom is 0.414 e. The van der Waals surface area contributed by atoms with Gasteiger partial charge in [-0.05, 0) is 108 Å². The Bertz CT molecular complexity index is 2480. The number of hydrogen-bond donors (Lipinski definition) is 3. The molecule has 0 bridgehead atoms. The van der Waals surface area contributed by atoms with Gasteiger partial charge in [0.2, 0.25) is 24.5 Å². The summed E-state index contributed by atoms with van der Waals surface area (Å²) in [6, 6.07) is 19.9. The van der Waals surface area contributed by atoms with Crippen molar-refractivity contribution in [3.63, 3.8) is 0 Å². The van der Waals surface area contributed by atoms with E-state index in [1.165, 1.54) is 4.90 Å². The fourth-order valence-corrected chi connectivity index (χ4v) is 9.36. The van der Waals surface area contributed by atoms with Crippen molar-refractivity contribution in [1.29, 1.82) is 0 Å². The number of primary amides is 1. The largest absolute Gasteiger partial charge is 0.493 e. The maximum atomic E-state index is 14.3. The number of tetrazole rings is 1. The highest BCUT2D eigenvalue weighted by Crippen LogP contribution is 2.37. The molecular formula is C57H82N8O11. The second-order valence-corrected chi connectivity index (χ2v) is 21.3. The smallest absolute Gasteiger partial charge is 0.414 e. The monoisotopic (exact) mass is 1050 g/mol. The number of nitrogens with two attached hydrogens (primary N) is 1. The number of aromatic amines is 1. The number of carbonyl (C=O) groups is 5. The first kappa shape index (κ1) is 60.3. The van der Waals surface area contributed by atoms with Crippen LogP contribution < -0.4 is 20.5 Å². The summed E-state index contributed by atoms with van der Waals surface area (Å²) >= 11 is 0. The van der Waals surface area contributed by atoms with Crippen molar-refractivity contribution in [2.24, 2.45) is 40.7 Å². The normalized spacial score (nSPS) is 15.8. The Labute approximate surface area is 448 Å². The molecule has 1 unspecified atom stereocenters. The summed E-state index contributed by atoms with van der Waals surface area (Å²) in [5.41, 5.74) is 9.13. The first-order valence-corrected chi connectivity index (χ1v) is 26.6. The molecule has 4 N–H and O–H groups in total. The van der Waals surface area contributed by atoms with Crippen LogP contribution in [0.2, 0.25) is 0 Å². The number of nitrogens with one attached hydrogen (secondary N) is 2. The first-order chi connectivity index (χ1) is 36.3. The number of methoxy groups -OCH3 is 2. The number of rotatable bonds is 30. The van der Waals surface area contributed by atoms with Gasteiger partial charge in [-0.3, -0.25) is 19.3 Å². The number of ether oxygens (including phenoxy) is 6. The third-order valence-corrected chi connectivity index (χ3v) is 14.3. The molecule has 4 aromatic rings. The summed E-state index contributed by atoms with van der Waals surface area (Å²) in [5.74, 6) is -0.818. The minimum atomic E-state index is -0.997. The van der Waals surface area contributed by atoms with Crippen molar-refractivity contribution in [3.8, 4) is 34.0 Å². The number of carbonyl (C=O) groups excluding carboxylic acids is 5. The summed E-state index contributed by atoms with van der Waals surface area (Å²) < 4.78 is 34.9. The Morgan fingerprint density at radius 3 is 2.20 bits per heavy atom. The number of aromatic nitrogens is 4. The molecule has 0 saturated carbocycles. The van der Waals surface area contributed by atoms with Crippen LogP contribution in [0.15, 0.2) is 66.7 Å². The average molecular weight is 1060 g/mol. The Kier molecular flexibility index (Phi) is 23.0. The number of hydrogen-bond acceptors (Lipinski definition) is 14. The molecule has 76 heavy (non-hydrogen) atoms. The number of H-pyrrole nitrogens is 1. The fourth-order valence-electron chi connectivity index (χ4n) is 9.36. The standard InChI is InChI=1S/C57H82N8O11/c1-12-13-19-50(66)64(32-39-20-23-41(24-21-39)43-17-14-15-18-44(43)52-60-62-63-61-52)51(38(6)7)54(68)75-35-76-56(70)65-34-74-48(31-45(37(4)5)53(67)59-33-57(8,9)55(58)69)46(65)30-42(36(2)3)28-40-22-25-47(72-11)49(29-40)73-27-16-26-71-10/h14-15,17-18,20-25,29,36-38,42,45-46,48,51H,12-13,16,19,26-28,30-35H2,1-11H3,(H2,58,69)(H,59,67)(H,60,61,62,63)/t42-,45-,46-,48-,51?/m0/s1. The predicted molar refractivity (Wildman–Crippen MR) is 287 cm³/mol. The molecule has 0 radical (unpaired) electrons. The van der Waals surface area contributed by atoms with Crippen LogP contribution in [0.4, 0.5) is 4.79 Å². The third-order valence-electron chi connectivity index (χ3n) is 14.3. The van der Waals surface area contributed by atoms with E-state index < -0.39 is 54.3 Å². The Hall–Kier alpha value is -6.60.